The fourth-order valence-electron chi connectivity index (χ4n) is 1.99. The van der Waals surface area contributed by atoms with Crippen molar-refractivity contribution in [3.05, 3.63) is 28.5 Å². The van der Waals surface area contributed by atoms with E-state index in [0.717, 1.165) is 22.2 Å². The lowest BCUT2D eigenvalue weighted by atomic mass is 10.1. The van der Waals surface area contributed by atoms with E-state index < -0.39 is 5.91 Å². The molecule has 2 aromatic heterocycles. The molecule has 0 saturated carbocycles. The van der Waals surface area contributed by atoms with E-state index in [1.54, 1.807) is 5.48 Å². The topological polar surface area (TPSA) is 78.7 Å². The lowest BCUT2D eigenvalue weighted by Crippen LogP contribution is -2.27. The summed E-state index contributed by atoms with van der Waals surface area (Å²) < 4.78 is 2.97. The number of carbonyl (C=O) groups excluding carboxylic acids is 1. The molecule has 0 atom stereocenters. The van der Waals surface area contributed by atoms with Gasteiger partial charge in [-0.15, -0.1) is 0 Å². The molecular weight excluding hydrogens is 324 g/mol. The van der Waals surface area contributed by atoms with Gasteiger partial charge in [-0.1, -0.05) is 13.8 Å². The van der Waals surface area contributed by atoms with E-state index in [2.05, 4.69) is 40.1 Å². The first kappa shape index (κ1) is 14.8. The molecule has 2 rings (SSSR count). The number of fused-ring (bicyclic) bond motifs is 1. The van der Waals surface area contributed by atoms with Gasteiger partial charge in [0, 0.05) is 10.7 Å². The van der Waals surface area contributed by atoms with E-state index in [-0.39, 0.29) is 6.54 Å². The van der Waals surface area contributed by atoms with Crippen LogP contribution in [-0.2, 0) is 11.2 Å². The number of halogens is 1. The van der Waals surface area contributed by atoms with Gasteiger partial charge in [-0.3, -0.25) is 10.0 Å². The van der Waals surface area contributed by atoms with Gasteiger partial charge in [0.15, 0.2) is 0 Å². The van der Waals surface area contributed by atoms with Crippen molar-refractivity contribution >= 4 is 33.3 Å². The third kappa shape index (κ3) is 3.29. The zero-order valence-corrected chi connectivity index (χ0v) is 12.9. The van der Waals surface area contributed by atoms with Crippen LogP contribution in [0.4, 0.5) is 5.82 Å². The van der Waals surface area contributed by atoms with Gasteiger partial charge in [-0.2, -0.15) is 0 Å². The Morgan fingerprint density at radius 1 is 1.50 bits per heavy atom. The number of anilines is 1. The number of nitrogens with one attached hydrogen (secondary N) is 2. The van der Waals surface area contributed by atoms with E-state index in [1.165, 1.54) is 0 Å². The summed E-state index contributed by atoms with van der Waals surface area (Å²) in [6, 6.07) is 3.83. The number of hydrogen-bond donors (Lipinski definition) is 3. The highest BCUT2D eigenvalue weighted by Gasteiger charge is 2.14. The molecule has 108 valence electrons. The number of nitrogens with zero attached hydrogens (tertiary/aromatic N) is 2. The Morgan fingerprint density at radius 3 is 2.90 bits per heavy atom. The van der Waals surface area contributed by atoms with Crippen molar-refractivity contribution in [1.82, 2.24) is 14.9 Å². The molecule has 0 bridgehead atoms. The molecule has 2 heterocycles. The average molecular weight is 341 g/mol. The Kier molecular flexibility index (Phi) is 4.61. The maximum absolute atomic E-state index is 11.1. The maximum atomic E-state index is 11.1. The zero-order valence-electron chi connectivity index (χ0n) is 11.4. The number of rotatable bonds is 5. The van der Waals surface area contributed by atoms with Crippen LogP contribution in [0.3, 0.4) is 0 Å². The van der Waals surface area contributed by atoms with Gasteiger partial charge in [-0.25, -0.2) is 10.5 Å². The number of imidazole rings is 1. The smallest absolute Gasteiger partial charge is 0.262 e. The molecule has 0 radical (unpaired) electrons. The van der Waals surface area contributed by atoms with E-state index in [0.29, 0.717) is 11.7 Å². The van der Waals surface area contributed by atoms with Crippen molar-refractivity contribution in [1.29, 1.82) is 0 Å². The van der Waals surface area contributed by atoms with Crippen molar-refractivity contribution in [3.63, 3.8) is 0 Å². The summed E-state index contributed by atoms with van der Waals surface area (Å²) >= 11 is 3.45. The van der Waals surface area contributed by atoms with Crippen LogP contribution < -0.4 is 10.8 Å². The van der Waals surface area contributed by atoms with Crippen molar-refractivity contribution in [2.45, 2.75) is 20.3 Å². The fourth-order valence-corrected chi connectivity index (χ4v) is 2.33. The molecule has 0 aliphatic rings. The van der Waals surface area contributed by atoms with Crippen LogP contribution in [-0.4, -0.2) is 27.0 Å². The van der Waals surface area contributed by atoms with Crippen LogP contribution in [0.2, 0.25) is 0 Å². The first-order chi connectivity index (χ1) is 9.51. The van der Waals surface area contributed by atoms with Crippen LogP contribution in [0.1, 0.15) is 19.5 Å². The molecule has 20 heavy (non-hydrogen) atoms. The molecule has 1 amide bonds. The highest BCUT2D eigenvalue weighted by Crippen LogP contribution is 2.23. The van der Waals surface area contributed by atoms with E-state index in [1.807, 2.05) is 22.7 Å². The van der Waals surface area contributed by atoms with E-state index in [9.17, 15) is 4.79 Å². The molecular formula is C13H17BrN4O2. The first-order valence-electron chi connectivity index (χ1n) is 6.34. The summed E-state index contributed by atoms with van der Waals surface area (Å²) in [6.45, 7) is 4.23. The number of carbonyl (C=O) groups is 1. The lowest BCUT2D eigenvalue weighted by molar-refractivity contribution is -0.127. The monoisotopic (exact) mass is 340 g/mol. The number of hydrogen-bond acceptors (Lipinski definition) is 4. The number of hydroxylamine groups is 1. The van der Waals surface area contributed by atoms with Gasteiger partial charge in [0.1, 0.15) is 11.5 Å². The Morgan fingerprint density at radius 2 is 2.25 bits per heavy atom. The van der Waals surface area contributed by atoms with Crippen molar-refractivity contribution < 1.29 is 10.0 Å². The highest BCUT2D eigenvalue weighted by molar-refractivity contribution is 9.10. The third-order valence-corrected chi connectivity index (χ3v) is 3.29. The lowest BCUT2D eigenvalue weighted by Gasteiger charge is -2.09. The molecule has 3 N–H and O–H groups in total. The van der Waals surface area contributed by atoms with Gasteiger partial charge in [-0.05, 0) is 40.4 Å². The summed E-state index contributed by atoms with van der Waals surface area (Å²) in [4.78, 5) is 15.6. The minimum Gasteiger partial charge on any atom is -0.359 e. The van der Waals surface area contributed by atoms with Crippen molar-refractivity contribution in [2.75, 3.05) is 11.9 Å². The van der Waals surface area contributed by atoms with E-state index in [4.69, 9.17) is 5.21 Å². The number of aromatic nitrogens is 2. The molecule has 2 aromatic rings. The van der Waals surface area contributed by atoms with Crippen LogP contribution in [0, 0.1) is 5.92 Å². The van der Waals surface area contributed by atoms with Gasteiger partial charge in [0.05, 0.1) is 12.2 Å². The minimum atomic E-state index is -0.501. The van der Waals surface area contributed by atoms with Gasteiger partial charge in [0.2, 0.25) is 0 Å². The first-order valence-corrected chi connectivity index (χ1v) is 7.14. The summed E-state index contributed by atoms with van der Waals surface area (Å²) in [5.41, 5.74) is 3.43. The largest absolute Gasteiger partial charge is 0.359 e. The summed E-state index contributed by atoms with van der Waals surface area (Å²) in [5, 5.41) is 11.5. The van der Waals surface area contributed by atoms with Gasteiger partial charge in [0.25, 0.3) is 5.91 Å². The standard InChI is InChI=1S/C13H17BrN4O2/c1-8(2)5-10-13(15-6-12(19)17-20)16-11-4-3-9(14)7-18(10)11/h3-4,7-8,15,20H,5-6H2,1-2H3,(H,17,19). The molecule has 0 aliphatic carbocycles. The normalized spacial score (nSPS) is 11.1. The van der Waals surface area contributed by atoms with Gasteiger partial charge < -0.3 is 9.72 Å². The molecule has 0 aliphatic heterocycles. The summed E-state index contributed by atoms with van der Waals surface area (Å²) in [7, 11) is 0. The second-order valence-electron chi connectivity index (χ2n) is 4.97. The van der Waals surface area contributed by atoms with Crippen molar-refractivity contribution in [2.24, 2.45) is 5.92 Å². The zero-order chi connectivity index (χ0) is 14.7. The van der Waals surface area contributed by atoms with Gasteiger partial charge >= 0.3 is 0 Å². The molecule has 0 fully saturated rings. The quantitative estimate of drug-likeness (QED) is 0.576. The summed E-state index contributed by atoms with van der Waals surface area (Å²) in [6.07, 6.45) is 2.79. The predicted octanol–water partition coefficient (Wildman–Crippen LogP) is 2.21. The second-order valence-corrected chi connectivity index (χ2v) is 5.88. The molecule has 6 nitrogen and oxygen atoms in total. The fraction of sp³-hybridized carbons (Fsp3) is 0.385. The van der Waals surface area contributed by atoms with Crippen LogP contribution in [0.25, 0.3) is 5.65 Å². The van der Waals surface area contributed by atoms with Crippen molar-refractivity contribution in [3.8, 4) is 0 Å². The summed E-state index contributed by atoms with van der Waals surface area (Å²) in [5.74, 6) is 0.625. The predicted molar refractivity (Wildman–Crippen MR) is 79.9 cm³/mol. The van der Waals surface area contributed by atoms with Crippen LogP contribution >= 0.6 is 15.9 Å². The SMILES string of the molecule is CC(C)Cc1c(NCC(=O)NO)nc2ccc(Br)cn12. The van der Waals surface area contributed by atoms with E-state index >= 15 is 0 Å². The maximum Gasteiger partial charge on any atom is 0.262 e. The highest BCUT2D eigenvalue weighted by atomic mass is 79.9. The Bertz CT molecular complexity index is 624. The molecule has 0 aromatic carbocycles. The molecule has 7 heteroatoms. The molecule has 0 spiro atoms. The molecule has 0 unspecified atom stereocenters. The Labute approximate surface area is 125 Å². The van der Waals surface area contributed by atoms with Crippen LogP contribution in [0.5, 0.6) is 0 Å². The van der Waals surface area contributed by atoms with Crippen LogP contribution in [0.15, 0.2) is 22.8 Å². The average Bonchev–Trinajstić information content (AvgIpc) is 2.73. The number of pyridine rings is 1. The number of amides is 1. The Balaban J connectivity index is 2.38. The third-order valence-electron chi connectivity index (χ3n) is 2.82. The Hall–Kier alpha value is -1.60. The second kappa shape index (κ2) is 6.23. The minimum absolute atomic E-state index is 0.0212. The molecule has 0 saturated heterocycles.